The first-order chi connectivity index (χ1) is 12.0. The molecule has 1 aliphatic carbocycles. The Morgan fingerprint density at radius 3 is 2.46 bits per heavy atom. The lowest BCUT2D eigenvalue weighted by molar-refractivity contribution is 0.0989. The van der Waals surface area contributed by atoms with Crippen molar-refractivity contribution in [1.82, 2.24) is 9.13 Å². The molecule has 0 fully saturated rings. The number of fused-ring (bicyclic) bond motifs is 1. The van der Waals surface area contributed by atoms with Gasteiger partial charge in [0.1, 0.15) is 0 Å². The lowest BCUT2D eigenvalue weighted by Crippen LogP contribution is -2.39. The summed E-state index contributed by atoms with van der Waals surface area (Å²) in [6.07, 6.45) is 1.19. The Labute approximate surface area is 149 Å². The van der Waals surface area contributed by atoms with E-state index in [1.54, 1.807) is 6.07 Å². The summed E-state index contributed by atoms with van der Waals surface area (Å²) in [7, 11) is -2.02. The van der Waals surface area contributed by atoms with Crippen LogP contribution in [0, 0.1) is 6.92 Å². The number of ketones is 1. The number of rotatable bonds is 3. The molecular formula is C17H18N2O6S. The maximum Gasteiger partial charge on any atom is 0.346 e. The monoisotopic (exact) mass is 378 g/mol. The average molecular weight is 378 g/mol. The van der Waals surface area contributed by atoms with Crippen LogP contribution in [0.25, 0.3) is 0 Å². The minimum Gasteiger partial charge on any atom is -0.378 e. The molecule has 0 bridgehead atoms. The van der Waals surface area contributed by atoms with E-state index in [1.165, 1.54) is 20.2 Å². The third kappa shape index (κ3) is 2.68. The fraction of sp³-hybridized carbons (Fsp3) is 0.353. The Hall–Kier alpha value is -2.68. The third-order valence-corrected chi connectivity index (χ3v) is 5.79. The van der Waals surface area contributed by atoms with E-state index in [0.29, 0.717) is 4.57 Å². The molecule has 1 aromatic heterocycles. The van der Waals surface area contributed by atoms with Gasteiger partial charge in [-0.3, -0.25) is 14.2 Å². The predicted octanol–water partition coefficient (Wildman–Crippen LogP) is 0.850. The molecule has 0 radical (unpaired) electrons. The van der Waals surface area contributed by atoms with Gasteiger partial charge in [-0.2, -0.15) is 8.42 Å². The van der Waals surface area contributed by atoms with Crippen molar-refractivity contribution in [2.75, 3.05) is 0 Å². The Morgan fingerprint density at radius 2 is 1.81 bits per heavy atom. The highest BCUT2D eigenvalue weighted by atomic mass is 32.2. The van der Waals surface area contributed by atoms with E-state index in [9.17, 15) is 22.8 Å². The summed E-state index contributed by atoms with van der Waals surface area (Å²) in [4.78, 5) is 35.6. The van der Waals surface area contributed by atoms with E-state index >= 15 is 0 Å². The number of Topliss-reactive ketones (excluding diaryl/α,β-unsaturated/α-hetero) is 1. The molecule has 1 atom stereocenters. The zero-order valence-electron chi connectivity index (χ0n) is 14.8. The van der Waals surface area contributed by atoms with Crippen molar-refractivity contribution < 1.29 is 17.4 Å². The third-order valence-electron chi connectivity index (χ3n) is 4.57. The van der Waals surface area contributed by atoms with Crippen LogP contribution in [0.3, 0.4) is 0 Å². The molecule has 26 heavy (non-hydrogen) atoms. The maximum absolute atomic E-state index is 12.6. The van der Waals surface area contributed by atoms with Crippen molar-refractivity contribution >= 4 is 15.9 Å². The van der Waals surface area contributed by atoms with E-state index in [-0.39, 0.29) is 29.4 Å². The minimum absolute atomic E-state index is 0.0332. The van der Waals surface area contributed by atoms with Crippen molar-refractivity contribution in [3.63, 3.8) is 0 Å². The van der Waals surface area contributed by atoms with Gasteiger partial charge < -0.3 is 8.75 Å². The largest absolute Gasteiger partial charge is 0.378 e. The summed E-state index contributed by atoms with van der Waals surface area (Å²) >= 11 is 0. The second kappa shape index (κ2) is 5.94. The molecule has 0 amide bonds. The fourth-order valence-corrected chi connectivity index (χ4v) is 4.39. The second-order valence-corrected chi connectivity index (χ2v) is 8.00. The van der Waals surface area contributed by atoms with Gasteiger partial charge in [-0.1, -0.05) is 13.0 Å². The Morgan fingerprint density at radius 1 is 1.15 bits per heavy atom. The summed E-state index contributed by atoms with van der Waals surface area (Å²) in [5, 5.41) is 0. The summed E-state index contributed by atoms with van der Waals surface area (Å²) in [5.74, 6) is -0.334. The van der Waals surface area contributed by atoms with Crippen LogP contribution in [0.5, 0.6) is 5.75 Å². The molecule has 138 valence electrons. The van der Waals surface area contributed by atoms with Gasteiger partial charge >= 0.3 is 15.8 Å². The highest BCUT2D eigenvalue weighted by Crippen LogP contribution is 2.40. The fourth-order valence-electron chi connectivity index (χ4n) is 3.29. The van der Waals surface area contributed by atoms with Crippen LogP contribution in [-0.4, -0.2) is 23.3 Å². The number of benzene rings is 1. The smallest absolute Gasteiger partial charge is 0.346 e. The molecule has 8 nitrogen and oxygen atoms in total. The van der Waals surface area contributed by atoms with Crippen LogP contribution in [0.15, 0.2) is 32.8 Å². The molecular weight excluding hydrogens is 360 g/mol. The van der Waals surface area contributed by atoms with Crippen LogP contribution < -0.4 is 15.4 Å². The highest BCUT2D eigenvalue weighted by Gasteiger charge is 2.33. The van der Waals surface area contributed by atoms with Crippen LogP contribution in [0.4, 0.5) is 0 Å². The van der Waals surface area contributed by atoms with Crippen molar-refractivity contribution in [3.8, 4) is 5.75 Å². The summed E-state index contributed by atoms with van der Waals surface area (Å²) < 4.78 is 32.1. The number of nitrogens with zero attached hydrogens (tertiary/aromatic N) is 2. The Kier molecular flexibility index (Phi) is 4.14. The summed E-state index contributed by atoms with van der Waals surface area (Å²) in [5.41, 5.74) is 0.227. The van der Waals surface area contributed by atoms with Crippen molar-refractivity contribution in [3.05, 3.63) is 55.9 Å². The molecule has 0 aliphatic heterocycles. The standard InChI is InChI=1S/C17H18N2O6S/c1-9-5-6-12(15-11(20)7-10(2)14(9)15)25-26(23,24)13-8-18(3)17(22)19(4)16(13)21/h5-6,8,10H,7H2,1-4H3/t10-/m0/s1. The SMILES string of the molecule is Cc1ccc(OS(=O)(=O)c2cn(C)c(=O)n(C)c2=O)c2c1[C@@H](C)CC2=O. The number of aromatic nitrogens is 2. The van der Waals surface area contributed by atoms with Crippen LogP contribution in [-0.2, 0) is 24.2 Å². The molecule has 0 saturated carbocycles. The molecule has 0 spiro atoms. The first-order valence-electron chi connectivity index (χ1n) is 7.92. The second-order valence-electron chi connectivity index (χ2n) is 6.49. The van der Waals surface area contributed by atoms with E-state index in [4.69, 9.17) is 4.18 Å². The minimum atomic E-state index is -4.53. The highest BCUT2D eigenvalue weighted by molar-refractivity contribution is 7.87. The van der Waals surface area contributed by atoms with Crippen LogP contribution in [0.2, 0.25) is 0 Å². The molecule has 1 aliphatic rings. The summed E-state index contributed by atoms with van der Waals surface area (Å²) in [6, 6.07) is 3.09. The zero-order valence-corrected chi connectivity index (χ0v) is 15.6. The van der Waals surface area contributed by atoms with Gasteiger partial charge in [-0.05, 0) is 30.0 Å². The average Bonchev–Trinajstić information content (AvgIpc) is 2.87. The molecule has 1 aromatic carbocycles. The lowest BCUT2D eigenvalue weighted by atomic mass is 9.98. The number of carbonyl (C=O) groups is 1. The molecule has 3 rings (SSSR count). The quantitative estimate of drug-likeness (QED) is 0.734. The molecule has 0 N–H and O–H groups in total. The van der Waals surface area contributed by atoms with Gasteiger partial charge in [-0.15, -0.1) is 0 Å². The van der Waals surface area contributed by atoms with Gasteiger partial charge in [0.25, 0.3) is 5.56 Å². The van der Waals surface area contributed by atoms with E-state index < -0.39 is 26.3 Å². The van der Waals surface area contributed by atoms with E-state index in [2.05, 4.69) is 0 Å². The normalized spacial score (nSPS) is 16.6. The van der Waals surface area contributed by atoms with Gasteiger partial charge in [0.15, 0.2) is 16.4 Å². The lowest BCUT2D eigenvalue weighted by Gasteiger charge is -2.13. The molecule has 9 heteroatoms. The van der Waals surface area contributed by atoms with E-state index in [0.717, 1.165) is 21.9 Å². The molecule has 0 saturated heterocycles. The van der Waals surface area contributed by atoms with Gasteiger partial charge in [0, 0.05) is 26.7 Å². The van der Waals surface area contributed by atoms with Crippen LogP contribution in [0.1, 0.15) is 40.7 Å². The predicted molar refractivity (Wildman–Crippen MR) is 93.3 cm³/mol. The topological polar surface area (TPSA) is 104 Å². The summed E-state index contributed by atoms with van der Waals surface area (Å²) in [6.45, 7) is 3.73. The molecule has 2 aromatic rings. The van der Waals surface area contributed by atoms with Crippen molar-refractivity contribution in [2.24, 2.45) is 14.1 Å². The van der Waals surface area contributed by atoms with Gasteiger partial charge in [-0.25, -0.2) is 4.79 Å². The number of hydrogen-bond donors (Lipinski definition) is 0. The number of aryl methyl sites for hydroxylation is 2. The first-order valence-corrected chi connectivity index (χ1v) is 9.33. The zero-order chi connectivity index (χ0) is 19.4. The van der Waals surface area contributed by atoms with Crippen molar-refractivity contribution in [1.29, 1.82) is 0 Å². The van der Waals surface area contributed by atoms with Gasteiger partial charge in [0.2, 0.25) is 0 Å². The Bertz CT molecular complexity index is 1160. The van der Waals surface area contributed by atoms with E-state index in [1.807, 2.05) is 13.8 Å². The molecule has 0 unspecified atom stereocenters. The number of hydrogen-bond acceptors (Lipinski definition) is 6. The first kappa shape index (κ1) is 18.1. The Balaban J connectivity index is 2.16. The molecule has 1 heterocycles. The number of carbonyl (C=O) groups excluding carboxylic acids is 1. The maximum atomic E-state index is 12.6. The van der Waals surface area contributed by atoms with Crippen molar-refractivity contribution in [2.45, 2.75) is 31.1 Å². The van der Waals surface area contributed by atoms with Crippen LogP contribution >= 0.6 is 0 Å². The van der Waals surface area contributed by atoms with Gasteiger partial charge in [0.05, 0.1) is 5.56 Å².